The summed E-state index contributed by atoms with van der Waals surface area (Å²) in [5.41, 5.74) is 0.369. The summed E-state index contributed by atoms with van der Waals surface area (Å²) in [6.07, 6.45) is 1.68. The van der Waals surface area contributed by atoms with Crippen LogP contribution in [0.25, 0.3) is 0 Å². The van der Waals surface area contributed by atoms with E-state index >= 15 is 0 Å². The molecule has 1 aliphatic heterocycles. The summed E-state index contributed by atoms with van der Waals surface area (Å²) in [5.74, 6) is -0.150. The first-order chi connectivity index (χ1) is 7.16. The van der Waals surface area contributed by atoms with Crippen LogP contribution in [0.4, 0.5) is 0 Å². The van der Waals surface area contributed by atoms with E-state index < -0.39 is 6.10 Å². The number of aliphatic hydroxyl groups is 1. The van der Waals surface area contributed by atoms with Crippen molar-refractivity contribution in [3.05, 3.63) is 29.0 Å². The Hall–Kier alpha value is -1.13. The van der Waals surface area contributed by atoms with Gasteiger partial charge in [0.25, 0.3) is 5.91 Å². The molecule has 1 saturated heterocycles. The minimum absolute atomic E-state index is 0.150. The molecule has 0 aromatic carbocycles. The third-order valence-electron chi connectivity index (χ3n) is 2.40. The van der Waals surface area contributed by atoms with Gasteiger partial charge < -0.3 is 10.0 Å². The third-order valence-corrected chi connectivity index (χ3v) is 2.62. The standard InChI is InChI=1S/C10H11ClN2O2/c11-7-1-2-9(12-5-7)10(15)13-4-3-8(14)6-13/h1-2,5,8,14H,3-4,6H2. The Labute approximate surface area is 92.5 Å². The number of hydrogen-bond donors (Lipinski definition) is 1. The van der Waals surface area contributed by atoms with Gasteiger partial charge in [-0.25, -0.2) is 4.98 Å². The molecule has 1 fully saturated rings. The molecule has 1 N–H and O–H groups in total. The first kappa shape index (κ1) is 10.4. The molecule has 0 radical (unpaired) electrons. The second-order valence-electron chi connectivity index (χ2n) is 3.56. The van der Waals surface area contributed by atoms with Crippen LogP contribution in [0.5, 0.6) is 0 Å². The Balaban J connectivity index is 2.11. The normalized spacial score (nSPS) is 20.7. The highest BCUT2D eigenvalue weighted by Crippen LogP contribution is 2.13. The van der Waals surface area contributed by atoms with Gasteiger partial charge in [0, 0.05) is 19.3 Å². The smallest absolute Gasteiger partial charge is 0.272 e. The van der Waals surface area contributed by atoms with Gasteiger partial charge in [0.15, 0.2) is 0 Å². The Morgan fingerprint density at radius 2 is 2.40 bits per heavy atom. The highest BCUT2D eigenvalue weighted by Gasteiger charge is 2.25. The van der Waals surface area contributed by atoms with Crippen molar-refractivity contribution in [1.82, 2.24) is 9.88 Å². The number of carbonyl (C=O) groups is 1. The van der Waals surface area contributed by atoms with Gasteiger partial charge in [-0.1, -0.05) is 11.6 Å². The Morgan fingerprint density at radius 3 is 2.93 bits per heavy atom. The lowest BCUT2D eigenvalue weighted by Gasteiger charge is -2.14. The highest BCUT2D eigenvalue weighted by molar-refractivity contribution is 6.30. The van der Waals surface area contributed by atoms with Crippen molar-refractivity contribution in [2.75, 3.05) is 13.1 Å². The van der Waals surface area contributed by atoms with Gasteiger partial charge in [0.05, 0.1) is 11.1 Å². The van der Waals surface area contributed by atoms with Crippen LogP contribution in [0.1, 0.15) is 16.9 Å². The van der Waals surface area contributed by atoms with Crippen LogP contribution in [0.2, 0.25) is 5.02 Å². The minimum atomic E-state index is -0.402. The molecule has 0 aliphatic carbocycles. The number of aliphatic hydroxyl groups excluding tert-OH is 1. The van der Waals surface area contributed by atoms with E-state index in [1.54, 1.807) is 17.0 Å². The van der Waals surface area contributed by atoms with Crippen LogP contribution in [-0.2, 0) is 0 Å². The molecule has 1 aromatic rings. The van der Waals surface area contributed by atoms with E-state index in [9.17, 15) is 9.90 Å². The Kier molecular flexibility index (Phi) is 2.88. The maximum Gasteiger partial charge on any atom is 0.272 e. The number of hydrogen-bond acceptors (Lipinski definition) is 3. The fourth-order valence-corrected chi connectivity index (χ4v) is 1.70. The molecule has 5 heteroatoms. The number of aromatic nitrogens is 1. The van der Waals surface area contributed by atoms with E-state index in [4.69, 9.17) is 11.6 Å². The summed E-state index contributed by atoms with van der Waals surface area (Å²) < 4.78 is 0. The van der Waals surface area contributed by atoms with Gasteiger partial charge in [-0.15, -0.1) is 0 Å². The topological polar surface area (TPSA) is 53.4 Å². The molecule has 0 bridgehead atoms. The molecule has 2 heterocycles. The lowest BCUT2D eigenvalue weighted by molar-refractivity contribution is 0.0759. The number of β-amino-alcohol motifs (C(OH)–C–C–N with tert-alkyl or cyclic N) is 1. The lowest BCUT2D eigenvalue weighted by Crippen LogP contribution is -2.30. The van der Waals surface area contributed by atoms with Gasteiger partial charge in [0.2, 0.25) is 0 Å². The zero-order valence-electron chi connectivity index (χ0n) is 8.06. The molecule has 80 valence electrons. The summed E-state index contributed by atoms with van der Waals surface area (Å²) in [6, 6.07) is 3.23. The molecule has 1 atom stereocenters. The van der Waals surface area contributed by atoms with Crippen LogP contribution < -0.4 is 0 Å². The van der Waals surface area contributed by atoms with Crippen LogP contribution in [-0.4, -0.2) is 40.1 Å². The Bertz CT molecular complexity index is 366. The number of halogens is 1. The third kappa shape index (κ3) is 2.27. The average Bonchev–Trinajstić information content (AvgIpc) is 2.65. The summed E-state index contributed by atoms with van der Waals surface area (Å²) in [6.45, 7) is 0.980. The van der Waals surface area contributed by atoms with Crippen LogP contribution in [0.15, 0.2) is 18.3 Å². The van der Waals surface area contributed by atoms with E-state index in [1.807, 2.05) is 0 Å². The molecule has 1 aromatic heterocycles. The molecular weight excluding hydrogens is 216 g/mol. The SMILES string of the molecule is O=C(c1ccc(Cl)cn1)N1CCC(O)C1. The number of nitrogens with zero attached hydrogens (tertiary/aromatic N) is 2. The zero-order valence-corrected chi connectivity index (χ0v) is 8.81. The van der Waals surface area contributed by atoms with Gasteiger partial charge in [0.1, 0.15) is 5.69 Å². The van der Waals surface area contributed by atoms with Crippen molar-refractivity contribution in [2.24, 2.45) is 0 Å². The molecule has 4 nitrogen and oxygen atoms in total. The van der Waals surface area contributed by atoms with E-state index in [0.717, 1.165) is 0 Å². The van der Waals surface area contributed by atoms with E-state index in [1.165, 1.54) is 6.20 Å². The summed E-state index contributed by atoms with van der Waals surface area (Å²) in [4.78, 5) is 17.4. The molecule has 0 saturated carbocycles. The highest BCUT2D eigenvalue weighted by atomic mass is 35.5. The number of pyridine rings is 1. The average molecular weight is 227 g/mol. The number of rotatable bonds is 1. The molecule has 1 amide bonds. The predicted molar refractivity (Wildman–Crippen MR) is 55.8 cm³/mol. The summed E-state index contributed by atoms with van der Waals surface area (Å²) >= 11 is 5.67. The second kappa shape index (κ2) is 4.16. The molecular formula is C10H11ClN2O2. The first-order valence-electron chi connectivity index (χ1n) is 4.76. The van der Waals surface area contributed by atoms with Crippen molar-refractivity contribution < 1.29 is 9.90 Å². The van der Waals surface area contributed by atoms with E-state index in [-0.39, 0.29) is 5.91 Å². The molecule has 2 rings (SSSR count). The predicted octanol–water partition coefficient (Wildman–Crippen LogP) is 0.942. The molecule has 1 aliphatic rings. The molecule has 0 spiro atoms. The number of likely N-dealkylation sites (tertiary alicyclic amines) is 1. The maximum absolute atomic E-state index is 11.8. The van der Waals surface area contributed by atoms with Crippen molar-refractivity contribution in [3.8, 4) is 0 Å². The monoisotopic (exact) mass is 226 g/mol. The second-order valence-corrected chi connectivity index (χ2v) is 3.99. The van der Waals surface area contributed by atoms with Gasteiger partial charge in [-0.05, 0) is 18.6 Å². The summed E-state index contributed by atoms with van der Waals surface area (Å²) in [7, 11) is 0. The van der Waals surface area contributed by atoms with E-state index in [2.05, 4.69) is 4.98 Å². The van der Waals surface area contributed by atoms with E-state index in [0.29, 0.717) is 30.2 Å². The van der Waals surface area contributed by atoms with Crippen molar-refractivity contribution in [3.63, 3.8) is 0 Å². The van der Waals surface area contributed by atoms with Gasteiger partial charge in [-0.2, -0.15) is 0 Å². The summed E-state index contributed by atoms with van der Waals surface area (Å²) in [5, 5.41) is 9.81. The minimum Gasteiger partial charge on any atom is -0.391 e. The van der Waals surface area contributed by atoms with Gasteiger partial charge in [-0.3, -0.25) is 4.79 Å². The Morgan fingerprint density at radius 1 is 1.60 bits per heavy atom. The number of amides is 1. The lowest BCUT2D eigenvalue weighted by atomic mass is 10.3. The van der Waals surface area contributed by atoms with Crippen LogP contribution >= 0.6 is 11.6 Å². The maximum atomic E-state index is 11.8. The fraction of sp³-hybridized carbons (Fsp3) is 0.400. The number of carbonyl (C=O) groups excluding carboxylic acids is 1. The molecule has 1 unspecified atom stereocenters. The van der Waals surface area contributed by atoms with Crippen molar-refractivity contribution >= 4 is 17.5 Å². The molecule has 15 heavy (non-hydrogen) atoms. The van der Waals surface area contributed by atoms with Crippen molar-refractivity contribution in [2.45, 2.75) is 12.5 Å². The largest absolute Gasteiger partial charge is 0.391 e. The van der Waals surface area contributed by atoms with Crippen LogP contribution in [0.3, 0.4) is 0 Å². The van der Waals surface area contributed by atoms with Crippen LogP contribution in [0, 0.1) is 0 Å². The first-order valence-corrected chi connectivity index (χ1v) is 5.13. The quantitative estimate of drug-likeness (QED) is 0.776. The zero-order chi connectivity index (χ0) is 10.8. The van der Waals surface area contributed by atoms with Gasteiger partial charge >= 0.3 is 0 Å². The fourth-order valence-electron chi connectivity index (χ4n) is 1.59. The van der Waals surface area contributed by atoms with Crippen molar-refractivity contribution in [1.29, 1.82) is 0 Å².